The monoisotopic (exact) mass is 298 g/mol. The molecular weight excluding hydrogens is 276 g/mol. The fraction of sp³-hybridized carbons (Fsp3) is 0.500. The smallest absolute Gasteiger partial charge is 0.319 e. The van der Waals surface area contributed by atoms with Crippen LogP contribution in [0.25, 0.3) is 0 Å². The molecule has 1 aromatic carbocycles. The van der Waals surface area contributed by atoms with E-state index in [1.165, 1.54) is 0 Å². The van der Waals surface area contributed by atoms with Gasteiger partial charge in [-0.15, -0.1) is 0 Å². The second-order valence-electron chi connectivity index (χ2n) is 5.09. The predicted molar refractivity (Wildman–Crippen MR) is 81.3 cm³/mol. The fourth-order valence-electron chi connectivity index (χ4n) is 1.85. The minimum atomic E-state index is -1.09. The molecule has 0 saturated carbocycles. The van der Waals surface area contributed by atoms with Gasteiger partial charge in [0.25, 0.3) is 0 Å². The number of carbonyl (C=O) groups is 1. The number of aliphatic hydroxyl groups is 1. The molecule has 20 heavy (non-hydrogen) atoms. The highest BCUT2D eigenvalue weighted by Gasteiger charge is 2.13. The van der Waals surface area contributed by atoms with Crippen LogP contribution < -0.4 is 10.6 Å². The first-order valence-electron chi connectivity index (χ1n) is 6.54. The van der Waals surface area contributed by atoms with Gasteiger partial charge in [-0.3, -0.25) is 4.21 Å². The van der Waals surface area contributed by atoms with Gasteiger partial charge < -0.3 is 15.7 Å². The highest BCUT2D eigenvalue weighted by atomic mass is 32.2. The largest absolute Gasteiger partial charge is 0.394 e. The molecule has 112 valence electrons. The number of carbonyl (C=O) groups excluding carboxylic acids is 1. The Balaban J connectivity index is 2.61. The Morgan fingerprint density at radius 1 is 1.40 bits per heavy atom. The summed E-state index contributed by atoms with van der Waals surface area (Å²) in [6.07, 6.45) is 2.30. The summed E-state index contributed by atoms with van der Waals surface area (Å²) >= 11 is 0. The molecule has 0 heterocycles. The lowest BCUT2D eigenvalue weighted by Gasteiger charge is -2.18. The molecule has 0 aliphatic heterocycles. The lowest BCUT2D eigenvalue weighted by molar-refractivity contribution is 0.214. The summed E-state index contributed by atoms with van der Waals surface area (Å²) in [5.74, 6) is 0.387. The lowest BCUT2D eigenvalue weighted by Crippen LogP contribution is -2.40. The Morgan fingerprint density at radius 3 is 2.65 bits per heavy atom. The van der Waals surface area contributed by atoms with Gasteiger partial charge in [0.2, 0.25) is 0 Å². The number of hydrogen-bond acceptors (Lipinski definition) is 3. The predicted octanol–water partition coefficient (Wildman–Crippen LogP) is 1.95. The van der Waals surface area contributed by atoms with E-state index in [1.807, 2.05) is 13.8 Å². The van der Waals surface area contributed by atoms with Crippen molar-refractivity contribution in [2.75, 3.05) is 18.2 Å². The van der Waals surface area contributed by atoms with Crippen molar-refractivity contribution in [2.45, 2.75) is 31.2 Å². The number of benzene rings is 1. The van der Waals surface area contributed by atoms with Crippen LogP contribution in [0.3, 0.4) is 0 Å². The van der Waals surface area contributed by atoms with Crippen molar-refractivity contribution in [2.24, 2.45) is 5.92 Å². The minimum Gasteiger partial charge on any atom is -0.394 e. The third-order valence-electron chi connectivity index (χ3n) is 2.74. The lowest BCUT2D eigenvalue weighted by atomic mass is 10.0. The van der Waals surface area contributed by atoms with Crippen LogP contribution in [-0.4, -0.2) is 34.3 Å². The van der Waals surface area contributed by atoms with E-state index in [1.54, 1.807) is 30.5 Å². The normalized spacial score (nSPS) is 13.8. The van der Waals surface area contributed by atoms with Gasteiger partial charge in [-0.1, -0.05) is 19.9 Å². The van der Waals surface area contributed by atoms with Crippen molar-refractivity contribution in [3.05, 3.63) is 24.3 Å². The summed E-state index contributed by atoms with van der Waals surface area (Å²) in [5, 5.41) is 14.6. The molecule has 5 nitrogen and oxygen atoms in total. The highest BCUT2D eigenvalue weighted by Crippen LogP contribution is 2.13. The molecule has 0 fully saturated rings. The van der Waals surface area contributed by atoms with Crippen LogP contribution in [0.2, 0.25) is 0 Å². The average molecular weight is 298 g/mol. The SMILES string of the molecule is CC(C)C[C@@H](CO)NC(=O)Nc1cccc([S@@](C)=O)c1. The third kappa shape index (κ3) is 5.71. The quantitative estimate of drug-likeness (QED) is 0.751. The maximum absolute atomic E-state index is 11.8. The zero-order valence-electron chi connectivity index (χ0n) is 12.1. The maximum atomic E-state index is 11.8. The Morgan fingerprint density at radius 2 is 2.10 bits per heavy atom. The van der Waals surface area contributed by atoms with Crippen molar-refractivity contribution < 1.29 is 14.1 Å². The van der Waals surface area contributed by atoms with Crippen LogP contribution in [-0.2, 0) is 10.8 Å². The molecule has 0 spiro atoms. The molecule has 0 aromatic heterocycles. The third-order valence-corrected chi connectivity index (χ3v) is 3.65. The second kappa shape index (κ2) is 8.01. The zero-order chi connectivity index (χ0) is 15.1. The van der Waals surface area contributed by atoms with Crippen LogP contribution in [0.1, 0.15) is 20.3 Å². The van der Waals surface area contributed by atoms with Crippen molar-refractivity contribution in [3.8, 4) is 0 Å². The van der Waals surface area contributed by atoms with Crippen molar-refractivity contribution in [1.29, 1.82) is 0 Å². The van der Waals surface area contributed by atoms with Gasteiger partial charge in [0.1, 0.15) is 0 Å². The topological polar surface area (TPSA) is 78.4 Å². The average Bonchev–Trinajstić information content (AvgIpc) is 2.37. The number of urea groups is 1. The van der Waals surface area contributed by atoms with E-state index in [9.17, 15) is 14.1 Å². The van der Waals surface area contributed by atoms with Gasteiger partial charge in [-0.25, -0.2) is 4.79 Å². The summed E-state index contributed by atoms with van der Waals surface area (Å²) in [4.78, 5) is 12.5. The Bertz CT molecular complexity index is 477. The van der Waals surface area contributed by atoms with Crippen LogP contribution in [0.15, 0.2) is 29.2 Å². The molecule has 2 atom stereocenters. The Labute approximate surface area is 122 Å². The zero-order valence-corrected chi connectivity index (χ0v) is 12.9. The number of nitrogens with one attached hydrogen (secondary N) is 2. The van der Waals surface area contributed by atoms with Gasteiger partial charge in [-0.2, -0.15) is 0 Å². The summed E-state index contributed by atoms with van der Waals surface area (Å²) in [7, 11) is -1.09. The van der Waals surface area contributed by atoms with Crippen LogP contribution in [0.4, 0.5) is 10.5 Å². The first kappa shape index (κ1) is 16.7. The molecule has 0 unspecified atom stereocenters. The molecule has 1 aromatic rings. The van der Waals surface area contributed by atoms with E-state index in [0.717, 1.165) is 0 Å². The van der Waals surface area contributed by atoms with Crippen molar-refractivity contribution in [1.82, 2.24) is 5.32 Å². The summed E-state index contributed by atoms with van der Waals surface area (Å²) in [6.45, 7) is 3.97. The van der Waals surface area contributed by atoms with Gasteiger partial charge in [0, 0.05) is 27.6 Å². The van der Waals surface area contributed by atoms with Gasteiger partial charge in [-0.05, 0) is 30.5 Å². The molecule has 0 radical (unpaired) electrons. The molecule has 3 N–H and O–H groups in total. The Kier molecular flexibility index (Phi) is 6.67. The molecule has 0 saturated heterocycles. The van der Waals surface area contributed by atoms with Gasteiger partial charge in [0.05, 0.1) is 12.6 Å². The van der Waals surface area contributed by atoms with Crippen molar-refractivity contribution in [3.63, 3.8) is 0 Å². The number of hydrogen-bond donors (Lipinski definition) is 3. The standard InChI is InChI=1S/C14H22N2O3S/c1-10(2)7-12(9-17)16-14(18)15-11-5-4-6-13(8-11)20(3)19/h4-6,8,10,12,17H,7,9H2,1-3H3,(H2,15,16,18)/t12-,20+/m0/s1. The number of anilines is 1. The van der Waals surface area contributed by atoms with E-state index in [2.05, 4.69) is 10.6 Å². The fourth-order valence-corrected chi connectivity index (χ4v) is 2.42. The van der Waals surface area contributed by atoms with Crippen LogP contribution >= 0.6 is 0 Å². The minimum absolute atomic E-state index is 0.0926. The molecule has 1 rings (SSSR count). The van der Waals surface area contributed by atoms with Crippen molar-refractivity contribution >= 4 is 22.5 Å². The summed E-state index contributed by atoms with van der Waals surface area (Å²) in [5.41, 5.74) is 0.580. The maximum Gasteiger partial charge on any atom is 0.319 e. The molecule has 0 bridgehead atoms. The second-order valence-corrected chi connectivity index (χ2v) is 6.47. The van der Waals surface area contributed by atoms with E-state index in [4.69, 9.17) is 0 Å². The highest BCUT2D eigenvalue weighted by molar-refractivity contribution is 7.84. The van der Waals surface area contributed by atoms with Gasteiger partial charge >= 0.3 is 6.03 Å². The van der Waals surface area contributed by atoms with Gasteiger partial charge in [0.15, 0.2) is 0 Å². The first-order valence-corrected chi connectivity index (χ1v) is 8.10. The van der Waals surface area contributed by atoms with E-state index >= 15 is 0 Å². The molecule has 0 aliphatic carbocycles. The number of amides is 2. The summed E-state index contributed by atoms with van der Waals surface area (Å²) in [6, 6.07) is 6.25. The molecular formula is C14H22N2O3S. The van der Waals surface area contributed by atoms with E-state index < -0.39 is 10.8 Å². The number of rotatable bonds is 6. The van der Waals surface area contributed by atoms with Crippen LogP contribution in [0, 0.1) is 5.92 Å². The number of aliphatic hydroxyl groups excluding tert-OH is 1. The molecule has 6 heteroatoms. The van der Waals surface area contributed by atoms with E-state index in [-0.39, 0.29) is 18.7 Å². The molecule has 0 aliphatic rings. The summed E-state index contributed by atoms with van der Waals surface area (Å²) < 4.78 is 11.4. The molecule has 2 amide bonds. The Hall–Kier alpha value is -1.40. The first-order chi connectivity index (χ1) is 9.42. The van der Waals surface area contributed by atoms with E-state index in [0.29, 0.717) is 22.9 Å². The van der Waals surface area contributed by atoms with Crippen LogP contribution in [0.5, 0.6) is 0 Å².